The number of nitrogens with one attached hydrogen (secondary N) is 2. The Hall–Kier alpha value is -3.39. The molecule has 1 aromatic heterocycles. The van der Waals surface area contributed by atoms with Crippen LogP contribution in [-0.2, 0) is 6.54 Å². The van der Waals surface area contributed by atoms with Crippen molar-refractivity contribution in [3.05, 3.63) is 53.2 Å². The molecule has 0 aliphatic heterocycles. The third-order valence-corrected chi connectivity index (χ3v) is 4.04. The summed E-state index contributed by atoms with van der Waals surface area (Å²) in [5.74, 6) is 0.304. The number of carbonyl (C=O) groups is 1. The summed E-state index contributed by atoms with van der Waals surface area (Å²) in [7, 11) is 1.58. The normalized spacial score (nSPS) is 10.4. The summed E-state index contributed by atoms with van der Waals surface area (Å²) in [6.07, 6.45) is 0.598. The standard InChI is InChI=1S/C18H16ClN3O5/c1-26-11-4-2-10(3-5-11)8-20-18(25)27-16-9-21-22-17(16)12-6-13(19)15(24)7-14(12)23/h2-7,9,23-24H,8H2,1H3,(H,20,25)(H,21,22). The van der Waals surface area contributed by atoms with Crippen molar-refractivity contribution in [2.24, 2.45) is 0 Å². The van der Waals surface area contributed by atoms with Crippen LogP contribution in [0.25, 0.3) is 11.3 Å². The highest BCUT2D eigenvalue weighted by Gasteiger charge is 2.18. The van der Waals surface area contributed by atoms with Crippen molar-refractivity contribution in [2.45, 2.75) is 6.54 Å². The number of amides is 1. The monoisotopic (exact) mass is 389 g/mol. The second-order valence-electron chi connectivity index (χ2n) is 5.52. The van der Waals surface area contributed by atoms with Crippen molar-refractivity contribution in [3.8, 4) is 34.3 Å². The molecule has 4 N–H and O–H groups in total. The van der Waals surface area contributed by atoms with Crippen molar-refractivity contribution in [1.82, 2.24) is 15.5 Å². The number of ether oxygens (including phenoxy) is 2. The van der Waals surface area contributed by atoms with E-state index in [0.717, 1.165) is 17.4 Å². The quantitative estimate of drug-likeness (QED) is 0.531. The van der Waals surface area contributed by atoms with Gasteiger partial charge >= 0.3 is 6.09 Å². The summed E-state index contributed by atoms with van der Waals surface area (Å²) < 4.78 is 10.3. The van der Waals surface area contributed by atoms with Crippen LogP contribution in [0.4, 0.5) is 4.79 Å². The second-order valence-corrected chi connectivity index (χ2v) is 5.93. The van der Waals surface area contributed by atoms with Crippen LogP contribution in [0.2, 0.25) is 5.02 Å². The number of H-pyrrole nitrogens is 1. The molecule has 0 unspecified atom stereocenters. The minimum absolute atomic E-state index is 0.0345. The van der Waals surface area contributed by atoms with E-state index in [2.05, 4.69) is 15.5 Å². The molecule has 9 heteroatoms. The lowest BCUT2D eigenvalue weighted by Gasteiger charge is -2.09. The Morgan fingerprint density at radius 1 is 1.22 bits per heavy atom. The van der Waals surface area contributed by atoms with Gasteiger partial charge in [0.05, 0.1) is 18.3 Å². The van der Waals surface area contributed by atoms with Crippen LogP contribution in [0.15, 0.2) is 42.6 Å². The molecule has 1 amide bonds. The molecule has 0 saturated carbocycles. The second kappa shape index (κ2) is 7.88. The van der Waals surface area contributed by atoms with Gasteiger partial charge in [0.25, 0.3) is 0 Å². The van der Waals surface area contributed by atoms with E-state index >= 15 is 0 Å². The largest absolute Gasteiger partial charge is 0.507 e. The molecule has 3 rings (SSSR count). The summed E-state index contributed by atoms with van der Waals surface area (Å²) >= 11 is 5.88. The molecule has 8 nitrogen and oxygen atoms in total. The van der Waals surface area contributed by atoms with Crippen molar-refractivity contribution in [2.75, 3.05) is 7.11 Å². The first-order valence-corrected chi connectivity index (χ1v) is 8.19. The van der Waals surface area contributed by atoms with Gasteiger partial charge in [0, 0.05) is 18.2 Å². The van der Waals surface area contributed by atoms with Crippen LogP contribution in [0.3, 0.4) is 0 Å². The topological polar surface area (TPSA) is 117 Å². The molecule has 0 spiro atoms. The highest BCUT2D eigenvalue weighted by Crippen LogP contribution is 2.39. The first-order valence-electron chi connectivity index (χ1n) is 7.81. The van der Waals surface area contributed by atoms with Gasteiger partial charge in [0.2, 0.25) is 0 Å². The fraction of sp³-hybridized carbons (Fsp3) is 0.111. The molecular weight excluding hydrogens is 374 g/mol. The number of phenols is 2. The molecule has 0 aliphatic rings. The third kappa shape index (κ3) is 4.24. The van der Waals surface area contributed by atoms with Gasteiger partial charge < -0.3 is 25.0 Å². The number of halogens is 1. The molecule has 0 aliphatic carbocycles. The van der Waals surface area contributed by atoms with E-state index < -0.39 is 6.09 Å². The van der Waals surface area contributed by atoms with Gasteiger partial charge in [-0.15, -0.1) is 0 Å². The number of carbonyl (C=O) groups excluding carboxylic acids is 1. The molecule has 140 valence electrons. The van der Waals surface area contributed by atoms with Gasteiger partial charge in [-0.2, -0.15) is 5.10 Å². The number of methoxy groups -OCH3 is 1. The fourth-order valence-corrected chi connectivity index (χ4v) is 2.51. The van der Waals surface area contributed by atoms with Crippen LogP contribution in [0.5, 0.6) is 23.0 Å². The highest BCUT2D eigenvalue weighted by molar-refractivity contribution is 6.32. The predicted molar refractivity (Wildman–Crippen MR) is 98.2 cm³/mol. The molecule has 0 atom stereocenters. The first kappa shape index (κ1) is 18.4. The summed E-state index contributed by atoms with van der Waals surface area (Å²) in [6, 6.07) is 9.63. The van der Waals surface area contributed by atoms with Crippen molar-refractivity contribution in [1.29, 1.82) is 0 Å². The van der Waals surface area contributed by atoms with Crippen molar-refractivity contribution >= 4 is 17.7 Å². The van der Waals surface area contributed by atoms with Crippen molar-refractivity contribution in [3.63, 3.8) is 0 Å². The number of aromatic hydroxyl groups is 2. The van der Waals surface area contributed by atoms with Gasteiger partial charge in [0.15, 0.2) is 5.75 Å². The number of nitrogens with zero attached hydrogens (tertiary/aromatic N) is 1. The van der Waals surface area contributed by atoms with Crippen molar-refractivity contribution < 1.29 is 24.5 Å². The van der Waals surface area contributed by atoms with E-state index in [1.54, 1.807) is 19.2 Å². The van der Waals surface area contributed by atoms with Crippen LogP contribution in [0, 0.1) is 0 Å². The van der Waals surface area contributed by atoms with Crippen LogP contribution in [-0.4, -0.2) is 33.6 Å². The van der Waals surface area contributed by atoms with E-state index in [4.69, 9.17) is 21.1 Å². The highest BCUT2D eigenvalue weighted by atomic mass is 35.5. The van der Waals surface area contributed by atoms with E-state index in [0.29, 0.717) is 0 Å². The maximum Gasteiger partial charge on any atom is 0.413 e. The molecule has 2 aromatic carbocycles. The van der Waals surface area contributed by atoms with Gasteiger partial charge in [-0.25, -0.2) is 4.79 Å². The van der Waals surface area contributed by atoms with Gasteiger partial charge in [-0.3, -0.25) is 5.10 Å². The zero-order chi connectivity index (χ0) is 19.4. The molecule has 0 saturated heterocycles. The summed E-state index contributed by atoms with van der Waals surface area (Å²) in [6.45, 7) is 0.256. The molecule has 0 radical (unpaired) electrons. The molecule has 3 aromatic rings. The third-order valence-electron chi connectivity index (χ3n) is 3.74. The number of hydrogen-bond acceptors (Lipinski definition) is 6. The minimum Gasteiger partial charge on any atom is -0.507 e. The number of benzene rings is 2. The average Bonchev–Trinajstić information content (AvgIpc) is 3.11. The average molecular weight is 390 g/mol. The lowest BCUT2D eigenvalue weighted by Crippen LogP contribution is -2.26. The molecule has 0 fully saturated rings. The Balaban J connectivity index is 1.69. The zero-order valence-corrected chi connectivity index (χ0v) is 14.9. The molecule has 27 heavy (non-hydrogen) atoms. The number of aromatic nitrogens is 2. The number of rotatable bonds is 5. The van der Waals surface area contributed by atoms with Crippen LogP contribution < -0.4 is 14.8 Å². The first-order chi connectivity index (χ1) is 13.0. The Morgan fingerprint density at radius 2 is 1.96 bits per heavy atom. The molecule has 1 heterocycles. The molecule has 0 bridgehead atoms. The smallest absolute Gasteiger partial charge is 0.413 e. The Bertz CT molecular complexity index is 956. The fourth-order valence-electron chi connectivity index (χ4n) is 2.35. The van der Waals surface area contributed by atoms with E-state index in [9.17, 15) is 15.0 Å². The van der Waals surface area contributed by atoms with Gasteiger partial charge in [0.1, 0.15) is 22.9 Å². The maximum atomic E-state index is 12.1. The van der Waals surface area contributed by atoms with Crippen LogP contribution in [0.1, 0.15) is 5.56 Å². The van der Waals surface area contributed by atoms with E-state index in [1.165, 1.54) is 12.3 Å². The minimum atomic E-state index is -0.696. The summed E-state index contributed by atoms with van der Waals surface area (Å²) in [5, 5.41) is 28.6. The lowest BCUT2D eigenvalue weighted by molar-refractivity contribution is 0.200. The summed E-state index contributed by atoms with van der Waals surface area (Å²) in [4.78, 5) is 12.1. The van der Waals surface area contributed by atoms with E-state index in [-0.39, 0.29) is 40.1 Å². The van der Waals surface area contributed by atoms with E-state index in [1.807, 2.05) is 12.1 Å². The number of hydrogen-bond donors (Lipinski definition) is 4. The maximum absolute atomic E-state index is 12.1. The lowest BCUT2D eigenvalue weighted by atomic mass is 10.1. The SMILES string of the molecule is COc1ccc(CNC(=O)Oc2cn[nH]c2-c2cc(Cl)c(O)cc2O)cc1. The zero-order valence-electron chi connectivity index (χ0n) is 14.2. The predicted octanol–water partition coefficient (Wildman–Crippen LogP) is 3.44. The van der Waals surface area contributed by atoms with Crippen LogP contribution >= 0.6 is 11.6 Å². The number of phenolic OH excluding ortho intramolecular Hbond substituents is 2. The Kier molecular flexibility index (Phi) is 5.37. The van der Waals surface area contributed by atoms with Gasteiger partial charge in [-0.1, -0.05) is 23.7 Å². The Morgan fingerprint density at radius 3 is 2.67 bits per heavy atom. The summed E-state index contributed by atoms with van der Waals surface area (Å²) in [5.41, 5.74) is 1.34. The Labute approximate surface area is 159 Å². The van der Waals surface area contributed by atoms with Gasteiger partial charge in [-0.05, 0) is 23.8 Å². The number of aromatic amines is 1. The molecular formula is C18H16ClN3O5.